The molecular formula is C8H14FN. The second-order valence-electron chi connectivity index (χ2n) is 3.07. The predicted molar refractivity (Wildman–Crippen MR) is 40.5 cm³/mol. The highest BCUT2D eigenvalue weighted by atomic mass is 19.1. The van der Waals surface area contributed by atoms with E-state index in [1.165, 1.54) is 0 Å². The topological polar surface area (TPSA) is 3.24 Å². The summed E-state index contributed by atoms with van der Waals surface area (Å²) in [5.41, 5.74) is 0.979. The van der Waals surface area contributed by atoms with Crippen molar-refractivity contribution in [2.45, 2.75) is 32.5 Å². The van der Waals surface area contributed by atoms with Crippen LogP contribution >= 0.6 is 0 Å². The molecule has 1 nitrogen and oxygen atoms in total. The predicted octanol–water partition coefficient (Wildman–Crippen LogP) is 1.95. The SMILES string of the molecule is C=C(C)N1CC(F)CC1C. The summed E-state index contributed by atoms with van der Waals surface area (Å²) >= 11 is 0. The molecule has 58 valence electrons. The highest BCUT2D eigenvalue weighted by Gasteiger charge is 2.27. The fraction of sp³-hybridized carbons (Fsp3) is 0.750. The van der Waals surface area contributed by atoms with Gasteiger partial charge in [-0.3, -0.25) is 0 Å². The number of rotatable bonds is 1. The molecule has 0 aromatic carbocycles. The van der Waals surface area contributed by atoms with Gasteiger partial charge in [0.25, 0.3) is 0 Å². The minimum Gasteiger partial charge on any atom is -0.370 e. The van der Waals surface area contributed by atoms with Gasteiger partial charge < -0.3 is 4.90 Å². The molecule has 0 N–H and O–H groups in total. The maximum Gasteiger partial charge on any atom is 0.119 e. The molecule has 2 atom stereocenters. The van der Waals surface area contributed by atoms with Crippen LogP contribution in [-0.2, 0) is 0 Å². The van der Waals surface area contributed by atoms with Crippen molar-refractivity contribution in [3.05, 3.63) is 12.3 Å². The largest absolute Gasteiger partial charge is 0.370 e. The van der Waals surface area contributed by atoms with Crippen LogP contribution in [0.5, 0.6) is 0 Å². The second-order valence-corrected chi connectivity index (χ2v) is 3.07. The normalized spacial score (nSPS) is 32.9. The Hall–Kier alpha value is -0.530. The third-order valence-electron chi connectivity index (χ3n) is 2.01. The zero-order valence-corrected chi connectivity index (χ0v) is 6.60. The van der Waals surface area contributed by atoms with Gasteiger partial charge in [-0.15, -0.1) is 0 Å². The van der Waals surface area contributed by atoms with E-state index >= 15 is 0 Å². The van der Waals surface area contributed by atoms with Crippen LogP contribution in [0.3, 0.4) is 0 Å². The Kier molecular flexibility index (Phi) is 1.97. The summed E-state index contributed by atoms with van der Waals surface area (Å²) in [4.78, 5) is 2.02. The molecule has 1 aliphatic rings. The molecule has 0 bridgehead atoms. The van der Waals surface area contributed by atoms with E-state index in [9.17, 15) is 4.39 Å². The first-order valence-electron chi connectivity index (χ1n) is 3.67. The summed E-state index contributed by atoms with van der Waals surface area (Å²) < 4.78 is 12.7. The van der Waals surface area contributed by atoms with Crippen molar-refractivity contribution in [1.82, 2.24) is 4.90 Å². The van der Waals surface area contributed by atoms with Gasteiger partial charge in [0, 0.05) is 24.7 Å². The number of hydrogen-bond donors (Lipinski definition) is 0. The Bertz CT molecular complexity index is 144. The number of hydrogen-bond acceptors (Lipinski definition) is 1. The van der Waals surface area contributed by atoms with Crippen LogP contribution in [0.2, 0.25) is 0 Å². The molecule has 0 saturated carbocycles. The smallest absolute Gasteiger partial charge is 0.119 e. The lowest BCUT2D eigenvalue weighted by molar-refractivity contribution is 0.311. The lowest BCUT2D eigenvalue weighted by atomic mass is 10.2. The first-order valence-corrected chi connectivity index (χ1v) is 3.67. The van der Waals surface area contributed by atoms with E-state index < -0.39 is 6.17 Å². The van der Waals surface area contributed by atoms with Gasteiger partial charge in [-0.1, -0.05) is 6.58 Å². The molecule has 2 unspecified atom stereocenters. The van der Waals surface area contributed by atoms with E-state index in [1.807, 2.05) is 18.7 Å². The molecule has 0 spiro atoms. The van der Waals surface area contributed by atoms with Gasteiger partial charge in [0.2, 0.25) is 0 Å². The summed E-state index contributed by atoms with van der Waals surface area (Å²) in [6.45, 7) is 8.28. The fourth-order valence-corrected chi connectivity index (χ4v) is 1.50. The Morgan fingerprint density at radius 3 is 2.50 bits per heavy atom. The molecule has 0 amide bonds. The van der Waals surface area contributed by atoms with E-state index in [1.54, 1.807) is 0 Å². The summed E-state index contributed by atoms with van der Waals surface area (Å²) in [5, 5.41) is 0. The lowest BCUT2D eigenvalue weighted by Gasteiger charge is -2.22. The molecule has 1 saturated heterocycles. The Morgan fingerprint density at radius 2 is 2.30 bits per heavy atom. The van der Waals surface area contributed by atoms with Gasteiger partial charge in [-0.2, -0.15) is 0 Å². The first-order chi connectivity index (χ1) is 4.61. The fourth-order valence-electron chi connectivity index (χ4n) is 1.50. The minimum atomic E-state index is -0.647. The molecule has 10 heavy (non-hydrogen) atoms. The first kappa shape index (κ1) is 7.58. The van der Waals surface area contributed by atoms with Crippen LogP contribution in [0.4, 0.5) is 4.39 Å². The van der Waals surface area contributed by atoms with Gasteiger partial charge in [0.15, 0.2) is 0 Å². The quantitative estimate of drug-likeness (QED) is 0.542. The third-order valence-corrected chi connectivity index (χ3v) is 2.01. The van der Waals surface area contributed by atoms with Crippen LogP contribution < -0.4 is 0 Å². The standard InChI is InChI=1S/C8H14FN/c1-6(2)10-5-8(9)4-7(10)3/h7-8H,1,4-5H2,2-3H3. The molecule has 2 heteroatoms. The van der Waals surface area contributed by atoms with Gasteiger partial charge >= 0.3 is 0 Å². The van der Waals surface area contributed by atoms with Crippen molar-refractivity contribution in [3.8, 4) is 0 Å². The van der Waals surface area contributed by atoms with Crippen molar-refractivity contribution in [2.75, 3.05) is 6.54 Å². The van der Waals surface area contributed by atoms with Crippen LogP contribution in [0.15, 0.2) is 12.3 Å². The molecule has 0 aromatic rings. The molecule has 1 aliphatic heterocycles. The second kappa shape index (κ2) is 2.60. The van der Waals surface area contributed by atoms with E-state index in [0.717, 1.165) is 5.70 Å². The van der Waals surface area contributed by atoms with Crippen LogP contribution in [0, 0.1) is 0 Å². The molecule has 0 radical (unpaired) electrons. The highest BCUT2D eigenvalue weighted by molar-refractivity contribution is 4.97. The average Bonchev–Trinajstić information content (AvgIpc) is 2.10. The number of allylic oxidation sites excluding steroid dienone is 1. The van der Waals surface area contributed by atoms with Crippen LogP contribution in [0.1, 0.15) is 20.3 Å². The van der Waals surface area contributed by atoms with E-state index in [0.29, 0.717) is 19.0 Å². The third kappa shape index (κ3) is 1.31. The summed E-state index contributed by atoms with van der Waals surface area (Å²) in [7, 11) is 0. The summed E-state index contributed by atoms with van der Waals surface area (Å²) in [6, 6.07) is 0.340. The average molecular weight is 143 g/mol. The van der Waals surface area contributed by atoms with Crippen molar-refractivity contribution >= 4 is 0 Å². The molecule has 1 fully saturated rings. The Morgan fingerprint density at radius 1 is 1.70 bits per heavy atom. The molecular weight excluding hydrogens is 129 g/mol. The minimum absolute atomic E-state index is 0.340. The molecule has 1 heterocycles. The van der Waals surface area contributed by atoms with Crippen LogP contribution in [-0.4, -0.2) is 23.7 Å². The van der Waals surface area contributed by atoms with Crippen molar-refractivity contribution in [1.29, 1.82) is 0 Å². The molecule has 1 rings (SSSR count). The molecule has 0 aliphatic carbocycles. The number of alkyl halides is 1. The zero-order chi connectivity index (χ0) is 7.72. The van der Waals surface area contributed by atoms with Gasteiger partial charge in [-0.25, -0.2) is 4.39 Å². The van der Waals surface area contributed by atoms with Gasteiger partial charge in [0.1, 0.15) is 6.17 Å². The maximum atomic E-state index is 12.7. The van der Waals surface area contributed by atoms with Gasteiger partial charge in [0.05, 0.1) is 0 Å². The number of likely N-dealkylation sites (tertiary alicyclic amines) is 1. The number of halogens is 1. The Labute approximate surface area is 61.5 Å². The van der Waals surface area contributed by atoms with E-state index in [2.05, 4.69) is 6.58 Å². The van der Waals surface area contributed by atoms with Crippen molar-refractivity contribution < 1.29 is 4.39 Å². The van der Waals surface area contributed by atoms with E-state index in [4.69, 9.17) is 0 Å². The maximum absolute atomic E-state index is 12.7. The monoisotopic (exact) mass is 143 g/mol. The van der Waals surface area contributed by atoms with Crippen molar-refractivity contribution in [2.24, 2.45) is 0 Å². The Balaban J connectivity index is 2.54. The lowest BCUT2D eigenvalue weighted by Crippen LogP contribution is -2.24. The van der Waals surface area contributed by atoms with Gasteiger partial charge in [-0.05, 0) is 13.8 Å². The highest BCUT2D eigenvalue weighted by Crippen LogP contribution is 2.22. The summed E-state index contributed by atoms with van der Waals surface area (Å²) in [5.74, 6) is 0. The van der Waals surface area contributed by atoms with Crippen LogP contribution in [0.25, 0.3) is 0 Å². The molecule has 0 aromatic heterocycles. The summed E-state index contributed by atoms with van der Waals surface area (Å²) in [6.07, 6.45) is 0.0130. The zero-order valence-electron chi connectivity index (χ0n) is 6.60. The number of nitrogens with zero attached hydrogens (tertiary/aromatic N) is 1. The van der Waals surface area contributed by atoms with E-state index in [-0.39, 0.29) is 0 Å². The van der Waals surface area contributed by atoms with Crippen molar-refractivity contribution in [3.63, 3.8) is 0 Å².